The van der Waals surface area contributed by atoms with Crippen molar-refractivity contribution in [1.29, 1.82) is 0 Å². The lowest BCUT2D eigenvalue weighted by atomic mass is 10.2. The maximum atomic E-state index is 12.4. The minimum atomic E-state index is -3.35. The number of primary amides is 1. The topological polar surface area (TPSA) is 119 Å². The fourth-order valence-electron chi connectivity index (χ4n) is 2.38. The van der Waals surface area contributed by atoms with Crippen molar-refractivity contribution in [2.75, 3.05) is 11.6 Å². The maximum absolute atomic E-state index is 12.4. The van der Waals surface area contributed by atoms with Crippen LogP contribution < -0.4 is 11.1 Å². The SMILES string of the molecule is CS(=O)(=O)c1ccc(C(=O)Nc2c(C(N)=O)oc3ccccc23)cc1. The molecule has 0 unspecified atom stereocenters. The van der Waals surface area contributed by atoms with Crippen LogP contribution in [0.15, 0.2) is 57.8 Å². The van der Waals surface area contributed by atoms with Crippen molar-refractivity contribution in [3.05, 3.63) is 59.9 Å². The van der Waals surface area contributed by atoms with E-state index in [1.165, 1.54) is 24.3 Å². The molecule has 0 spiro atoms. The van der Waals surface area contributed by atoms with Gasteiger partial charge in [0.2, 0.25) is 5.76 Å². The van der Waals surface area contributed by atoms with Crippen LogP contribution >= 0.6 is 0 Å². The van der Waals surface area contributed by atoms with E-state index in [0.717, 1.165) is 6.26 Å². The van der Waals surface area contributed by atoms with E-state index in [1.54, 1.807) is 24.3 Å². The van der Waals surface area contributed by atoms with Crippen LogP contribution in [0.5, 0.6) is 0 Å². The van der Waals surface area contributed by atoms with Crippen LogP contribution in [0.2, 0.25) is 0 Å². The van der Waals surface area contributed by atoms with E-state index in [4.69, 9.17) is 10.2 Å². The van der Waals surface area contributed by atoms with Gasteiger partial charge in [-0.05, 0) is 36.4 Å². The van der Waals surface area contributed by atoms with Crippen LogP contribution in [-0.4, -0.2) is 26.5 Å². The number of hydrogen-bond donors (Lipinski definition) is 2. The Morgan fingerprint density at radius 2 is 1.68 bits per heavy atom. The van der Waals surface area contributed by atoms with Gasteiger partial charge in [0, 0.05) is 17.2 Å². The third-order valence-electron chi connectivity index (χ3n) is 3.60. The van der Waals surface area contributed by atoms with Crippen LogP contribution in [0.3, 0.4) is 0 Å². The predicted molar refractivity (Wildman–Crippen MR) is 92.2 cm³/mol. The van der Waals surface area contributed by atoms with E-state index in [9.17, 15) is 18.0 Å². The first kappa shape index (κ1) is 16.7. The molecule has 8 heteroatoms. The molecule has 2 aromatic carbocycles. The molecule has 7 nitrogen and oxygen atoms in total. The average molecular weight is 358 g/mol. The molecule has 0 saturated heterocycles. The molecule has 3 N–H and O–H groups in total. The summed E-state index contributed by atoms with van der Waals surface area (Å²) in [6.07, 6.45) is 1.08. The third-order valence-corrected chi connectivity index (χ3v) is 4.73. The van der Waals surface area contributed by atoms with E-state index in [0.29, 0.717) is 11.0 Å². The average Bonchev–Trinajstić information content (AvgIpc) is 2.93. The lowest BCUT2D eigenvalue weighted by Crippen LogP contribution is -2.17. The summed E-state index contributed by atoms with van der Waals surface area (Å²) >= 11 is 0. The van der Waals surface area contributed by atoms with Gasteiger partial charge in [-0.2, -0.15) is 0 Å². The van der Waals surface area contributed by atoms with E-state index in [1.807, 2.05) is 0 Å². The molecule has 1 heterocycles. The summed E-state index contributed by atoms with van der Waals surface area (Å²) in [5.41, 5.74) is 6.14. The molecule has 1 aromatic heterocycles. The lowest BCUT2D eigenvalue weighted by molar-refractivity contribution is 0.0977. The number of carbonyl (C=O) groups excluding carboxylic acids is 2. The zero-order valence-electron chi connectivity index (χ0n) is 13.1. The number of carbonyl (C=O) groups is 2. The Morgan fingerprint density at radius 3 is 2.28 bits per heavy atom. The van der Waals surface area contributed by atoms with Crippen LogP contribution in [0.4, 0.5) is 5.69 Å². The van der Waals surface area contributed by atoms with Crippen molar-refractivity contribution >= 4 is 38.3 Å². The Balaban J connectivity index is 1.97. The lowest BCUT2D eigenvalue weighted by Gasteiger charge is -2.06. The molecule has 128 valence electrons. The Kier molecular flexibility index (Phi) is 4.05. The van der Waals surface area contributed by atoms with Gasteiger partial charge in [-0.15, -0.1) is 0 Å². The summed E-state index contributed by atoms with van der Waals surface area (Å²) in [6.45, 7) is 0. The Bertz CT molecular complexity index is 1080. The third kappa shape index (κ3) is 3.24. The highest BCUT2D eigenvalue weighted by molar-refractivity contribution is 7.90. The highest BCUT2D eigenvalue weighted by Gasteiger charge is 2.21. The largest absolute Gasteiger partial charge is 0.449 e. The van der Waals surface area contributed by atoms with E-state index >= 15 is 0 Å². The number of para-hydroxylation sites is 1. The quantitative estimate of drug-likeness (QED) is 0.741. The minimum absolute atomic E-state index is 0.107. The number of benzene rings is 2. The van der Waals surface area contributed by atoms with Gasteiger partial charge in [0.15, 0.2) is 9.84 Å². The Morgan fingerprint density at radius 1 is 1.04 bits per heavy atom. The van der Waals surface area contributed by atoms with Gasteiger partial charge in [0.1, 0.15) is 11.3 Å². The van der Waals surface area contributed by atoms with Gasteiger partial charge in [-0.3, -0.25) is 9.59 Å². The van der Waals surface area contributed by atoms with Crippen molar-refractivity contribution in [1.82, 2.24) is 0 Å². The smallest absolute Gasteiger partial charge is 0.286 e. The number of hydrogen-bond acceptors (Lipinski definition) is 5. The second-order valence-corrected chi connectivity index (χ2v) is 7.43. The van der Waals surface area contributed by atoms with E-state index < -0.39 is 21.7 Å². The molecule has 0 radical (unpaired) electrons. The number of anilines is 1. The van der Waals surface area contributed by atoms with Gasteiger partial charge < -0.3 is 15.5 Å². The highest BCUT2D eigenvalue weighted by Crippen LogP contribution is 2.31. The molecular formula is C17H14N2O5S. The molecule has 25 heavy (non-hydrogen) atoms. The molecule has 3 rings (SSSR count). The summed E-state index contributed by atoms with van der Waals surface area (Å²) in [5, 5.41) is 3.15. The van der Waals surface area contributed by atoms with E-state index in [-0.39, 0.29) is 21.9 Å². The van der Waals surface area contributed by atoms with Crippen molar-refractivity contribution in [3.8, 4) is 0 Å². The molecule has 0 aliphatic carbocycles. The minimum Gasteiger partial charge on any atom is -0.449 e. The zero-order chi connectivity index (χ0) is 18.2. The van der Waals surface area contributed by atoms with Gasteiger partial charge in [0.05, 0.1) is 4.90 Å². The number of furan rings is 1. The predicted octanol–water partition coefficient (Wildman–Crippen LogP) is 2.19. The second kappa shape index (κ2) is 6.06. The van der Waals surface area contributed by atoms with Crippen LogP contribution in [0.25, 0.3) is 11.0 Å². The molecule has 0 fully saturated rings. The number of fused-ring (bicyclic) bond motifs is 1. The standard InChI is InChI=1S/C17H14N2O5S/c1-25(22,23)11-8-6-10(7-9-11)17(21)19-14-12-4-2-3-5-13(12)24-15(14)16(18)20/h2-9H,1H3,(H2,18,20)(H,19,21). The summed E-state index contributed by atoms with van der Waals surface area (Å²) in [7, 11) is -3.35. The summed E-state index contributed by atoms with van der Waals surface area (Å²) in [4.78, 5) is 24.1. The summed E-state index contributed by atoms with van der Waals surface area (Å²) in [6, 6.07) is 12.3. The molecule has 0 bridgehead atoms. The number of rotatable bonds is 4. The van der Waals surface area contributed by atoms with Crippen molar-refractivity contribution in [2.45, 2.75) is 4.90 Å². The first-order chi connectivity index (χ1) is 11.8. The van der Waals surface area contributed by atoms with E-state index in [2.05, 4.69) is 5.32 Å². The molecule has 2 amide bonds. The van der Waals surface area contributed by atoms with Crippen molar-refractivity contribution in [3.63, 3.8) is 0 Å². The maximum Gasteiger partial charge on any atom is 0.286 e. The zero-order valence-corrected chi connectivity index (χ0v) is 14.0. The van der Waals surface area contributed by atoms with Gasteiger partial charge in [0.25, 0.3) is 11.8 Å². The number of nitrogens with two attached hydrogens (primary N) is 1. The second-order valence-electron chi connectivity index (χ2n) is 5.42. The number of amides is 2. The highest BCUT2D eigenvalue weighted by atomic mass is 32.2. The fraction of sp³-hybridized carbons (Fsp3) is 0.0588. The Labute approximate surface area is 143 Å². The molecular weight excluding hydrogens is 344 g/mol. The van der Waals surface area contributed by atoms with Gasteiger partial charge in [-0.25, -0.2) is 8.42 Å². The molecule has 3 aromatic rings. The molecule has 0 aliphatic heterocycles. The van der Waals surface area contributed by atoms with Gasteiger partial charge >= 0.3 is 0 Å². The molecule has 0 saturated carbocycles. The molecule has 0 atom stereocenters. The summed E-state index contributed by atoms with van der Waals surface area (Å²) in [5.74, 6) is -1.48. The van der Waals surface area contributed by atoms with Crippen LogP contribution in [-0.2, 0) is 9.84 Å². The monoisotopic (exact) mass is 358 g/mol. The Hall–Kier alpha value is -3.13. The van der Waals surface area contributed by atoms with Crippen molar-refractivity contribution < 1.29 is 22.4 Å². The number of nitrogens with one attached hydrogen (secondary N) is 1. The van der Waals surface area contributed by atoms with Crippen molar-refractivity contribution in [2.24, 2.45) is 5.73 Å². The summed E-state index contributed by atoms with van der Waals surface area (Å²) < 4.78 is 28.3. The fourth-order valence-corrected chi connectivity index (χ4v) is 3.01. The first-order valence-electron chi connectivity index (χ1n) is 7.20. The number of sulfone groups is 1. The van der Waals surface area contributed by atoms with Crippen LogP contribution in [0.1, 0.15) is 20.9 Å². The van der Waals surface area contributed by atoms with Gasteiger partial charge in [-0.1, -0.05) is 12.1 Å². The normalized spacial score (nSPS) is 11.4. The molecule has 0 aliphatic rings. The van der Waals surface area contributed by atoms with Crippen LogP contribution in [0, 0.1) is 0 Å². The first-order valence-corrected chi connectivity index (χ1v) is 9.09.